The van der Waals surface area contributed by atoms with Crippen molar-refractivity contribution in [1.29, 1.82) is 0 Å². The third-order valence-electron chi connectivity index (χ3n) is 7.99. The van der Waals surface area contributed by atoms with Crippen LogP contribution < -0.4 is 9.64 Å². The van der Waals surface area contributed by atoms with Gasteiger partial charge in [0.2, 0.25) is 5.91 Å². The van der Waals surface area contributed by atoms with Gasteiger partial charge in [-0.15, -0.1) is 0 Å². The molecule has 4 aromatic carbocycles. The number of nitrogens with zero attached hydrogens (tertiary/aromatic N) is 3. The molecule has 0 N–H and O–H groups in total. The zero-order valence-electron chi connectivity index (χ0n) is 22.2. The van der Waals surface area contributed by atoms with Crippen molar-refractivity contribution in [2.75, 3.05) is 18.6 Å². The van der Waals surface area contributed by atoms with Crippen LogP contribution in [-0.4, -0.2) is 41.0 Å². The molecule has 7 rings (SSSR count). The molecule has 1 atom stereocenters. The summed E-state index contributed by atoms with van der Waals surface area (Å²) in [6.45, 7) is 0.00835. The highest BCUT2D eigenvalue weighted by Gasteiger charge is 2.40. The standard InChI is InChI=1S/C34H29N3O3/c1-40-26-19-15-24(16-20-26)33-31-14-7-21-35(31)29-12-4-5-13-30(29)37(33)32(38)22-36(25-17-18-25)34(39)28-11-6-9-23-8-2-3-10-27(23)28/h2-16,19-21,25,33H,17-18,22H2,1H3. The van der Waals surface area contributed by atoms with Crippen LogP contribution in [0.2, 0.25) is 0 Å². The van der Waals surface area contributed by atoms with Crippen LogP contribution in [0.4, 0.5) is 5.69 Å². The van der Waals surface area contributed by atoms with Crippen molar-refractivity contribution in [2.24, 2.45) is 0 Å². The van der Waals surface area contributed by atoms with Gasteiger partial charge in [0, 0.05) is 17.8 Å². The number of carbonyl (C=O) groups excluding carboxylic acids is 2. The molecule has 1 aromatic heterocycles. The summed E-state index contributed by atoms with van der Waals surface area (Å²) >= 11 is 0. The van der Waals surface area contributed by atoms with E-state index in [0.29, 0.717) is 5.56 Å². The van der Waals surface area contributed by atoms with Crippen molar-refractivity contribution < 1.29 is 14.3 Å². The van der Waals surface area contributed by atoms with Gasteiger partial charge >= 0.3 is 0 Å². The molecule has 1 saturated carbocycles. The highest BCUT2D eigenvalue weighted by molar-refractivity contribution is 6.09. The second kappa shape index (κ2) is 9.72. The van der Waals surface area contributed by atoms with E-state index >= 15 is 0 Å². The highest BCUT2D eigenvalue weighted by Crippen LogP contribution is 2.43. The first-order chi connectivity index (χ1) is 19.6. The summed E-state index contributed by atoms with van der Waals surface area (Å²) in [5, 5.41) is 1.92. The van der Waals surface area contributed by atoms with E-state index in [1.807, 2.05) is 108 Å². The maximum absolute atomic E-state index is 14.4. The van der Waals surface area contributed by atoms with Crippen LogP contribution in [0.15, 0.2) is 109 Å². The predicted octanol–water partition coefficient (Wildman–Crippen LogP) is 6.38. The van der Waals surface area contributed by atoms with Crippen molar-refractivity contribution in [1.82, 2.24) is 9.47 Å². The van der Waals surface area contributed by atoms with Gasteiger partial charge in [-0.1, -0.05) is 60.7 Å². The molecule has 0 saturated heterocycles. The first kappa shape index (κ1) is 24.2. The van der Waals surface area contributed by atoms with E-state index < -0.39 is 0 Å². The zero-order chi connectivity index (χ0) is 27.2. The van der Waals surface area contributed by atoms with Gasteiger partial charge < -0.3 is 14.2 Å². The highest BCUT2D eigenvalue weighted by atomic mass is 16.5. The van der Waals surface area contributed by atoms with Gasteiger partial charge in [0.15, 0.2) is 0 Å². The number of aromatic nitrogens is 1. The fourth-order valence-corrected chi connectivity index (χ4v) is 5.91. The Morgan fingerprint density at radius 2 is 1.55 bits per heavy atom. The topological polar surface area (TPSA) is 54.8 Å². The summed E-state index contributed by atoms with van der Waals surface area (Å²) in [5.74, 6) is 0.553. The normalized spacial score (nSPS) is 15.8. The van der Waals surface area contributed by atoms with Crippen LogP contribution in [0, 0.1) is 0 Å². The Balaban J connectivity index is 1.29. The molecular weight excluding hydrogens is 498 g/mol. The maximum atomic E-state index is 14.4. The van der Waals surface area contributed by atoms with E-state index in [-0.39, 0.29) is 30.4 Å². The number of rotatable bonds is 6. The monoisotopic (exact) mass is 527 g/mol. The summed E-state index contributed by atoms with van der Waals surface area (Å²) in [5.41, 5.74) is 4.37. The molecular formula is C34H29N3O3. The fraction of sp³-hybridized carbons (Fsp3) is 0.176. The summed E-state index contributed by atoms with van der Waals surface area (Å²) in [6, 6.07) is 33.3. The van der Waals surface area contributed by atoms with Gasteiger partial charge in [-0.3, -0.25) is 14.5 Å². The lowest BCUT2D eigenvalue weighted by Gasteiger charge is -2.39. The van der Waals surface area contributed by atoms with E-state index in [9.17, 15) is 9.59 Å². The van der Waals surface area contributed by atoms with E-state index in [1.54, 1.807) is 12.0 Å². The number of anilines is 1. The van der Waals surface area contributed by atoms with E-state index in [0.717, 1.165) is 52.0 Å². The quantitative estimate of drug-likeness (QED) is 0.258. The molecule has 0 bridgehead atoms. The van der Waals surface area contributed by atoms with Gasteiger partial charge in [-0.05, 0) is 71.6 Å². The van der Waals surface area contributed by atoms with Gasteiger partial charge in [-0.25, -0.2) is 0 Å². The largest absolute Gasteiger partial charge is 0.497 e. The smallest absolute Gasteiger partial charge is 0.255 e. The van der Waals surface area contributed by atoms with E-state index in [4.69, 9.17) is 4.74 Å². The van der Waals surface area contributed by atoms with E-state index in [2.05, 4.69) is 10.6 Å². The number of para-hydroxylation sites is 2. The first-order valence-corrected chi connectivity index (χ1v) is 13.7. The van der Waals surface area contributed by atoms with Gasteiger partial charge in [0.1, 0.15) is 18.3 Å². The molecule has 0 spiro atoms. The Morgan fingerprint density at radius 1 is 0.825 bits per heavy atom. The van der Waals surface area contributed by atoms with Crippen LogP contribution in [0.3, 0.4) is 0 Å². The number of methoxy groups -OCH3 is 1. The number of benzene rings is 4. The second-order valence-electron chi connectivity index (χ2n) is 10.4. The number of fused-ring (bicyclic) bond motifs is 4. The van der Waals surface area contributed by atoms with Crippen molar-refractivity contribution in [3.05, 3.63) is 126 Å². The minimum Gasteiger partial charge on any atom is -0.497 e. The first-order valence-electron chi connectivity index (χ1n) is 13.7. The Morgan fingerprint density at radius 3 is 2.33 bits per heavy atom. The predicted molar refractivity (Wildman–Crippen MR) is 156 cm³/mol. The summed E-state index contributed by atoms with van der Waals surface area (Å²) in [7, 11) is 1.65. The Bertz CT molecular complexity index is 1730. The van der Waals surface area contributed by atoms with Crippen LogP contribution in [0.5, 0.6) is 5.75 Å². The molecule has 6 heteroatoms. The van der Waals surface area contributed by atoms with Gasteiger partial charge in [0.25, 0.3) is 5.91 Å². The van der Waals surface area contributed by atoms with Crippen molar-refractivity contribution in [2.45, 2.75) is 24.9 Å². The zero-order valence-corrected chi connectivity index (χ0v) is 22.2. The lowest BCUT2D eigenvalue weighted by molar-refractivity contribution is -0.119. The molecule has 2 aliphatic rings. The molecule has 0 radical (unpaired) electrons. The number of hydrogen-bond donors (Lipinski definition) is 0. The molecule has 1 unspecified atom stereocenters. The third kappa shape index (κ3) is 4.04. The van der Waals surface area contributed by atoms with Crippen LogP contribution in [0.1, 0.15) is 40.5 Å². The van der Waals surface area contributed by atoms with Crippen molar-refractivity contribution in [3.63, 3.8) is 0 Å². The molecule has 2 amide bonds. The lowest BCUT2D eigenvalue weighted by atomic mass is 9.97. The molecule has 198 valence electrons. The van der Waals surface area contributed by atoms with Crippen LogP contribution >= 0.6 is 0 Å². The number of ether oxygens (including phenoxy) is 1. The molecule has 2 heterocycles. The van der Waals surface area contributed by atoms with Crippen molar-refractivity contribution >= 4 is 28.3 Å². The Hall–Kier alpha value is -4.84. The number of carbonyl (C=O) groups is 2. The van der Waals surface area contributed by atoms with Gasteiger partial charge in [0.05, 0.1) is 24.2 Å². The number of hydrogen-bond acceptors (Lipinski definition) is 3. The van der Waals surface area contributed by atoms with E-state index in [1.165, 1.54) is 0 Å². The third-order valence-corrected chi connectivity index (χ3v) is 7.99. The van der Waals surface area contributed by atoms with Gasteiger partial charge in [-0.2, -0.15) is 0 Å². The maximum Gasteiger partial charge on any atom is 0.255 e. The average Bonchev–Trinajstić information content (AvgIpc) is 3.73. The summed E-state index contributed by atoms with van der Waals surface area (Å²) in [6.07, 6.45) is 3.85. The SMILES string of the molecule is COc1ccc(C2c3cccn3-c3ccccc3N2C(=O)CN(C(=O)c2cccc3ccccc23)C2CC2)cc1. The second-order valence-corrected chi connectivity index (χ2v) is 10.4. The van der Waals surface area contributed by atoms with Crippen molar-refractivity contribution in [3.8, 4) is 11.4 Å². The minimum absolute atomic E-state index is 0.00835. The molecule has 5 aromatic rings. The molecule has 1 aliphatic heterocycles. The molecule has 6 nitrogen and oxygen atoms in total. The number of amides is 2. The van der Waals surface area contributed by atoms with Crippen LogP contribution in [-0.2, 0) is 4.79 Å². The molecule has 1 aliphatic carbocycles. The Labute approximate surface area is 233 Å². The summed E-state index contributed by atoms with van der Waals surface area (Å²) < 4.78 is 7.54. The average molecular weight is 528 g/mol. The Kier molecular flexibility index (Phi) is 5.89. The van der Waals surface area contributed by atoms with Crippen LogP contribution in [0.25, 0.3) is 16.5 Å². The molecule has 1 fully saturated rings. The fourth-order valence-electron chi connectivity index (χ4n) is 5.91. The minimum atomic E-state index is -0.350. The summed E-state index contributed by atoms with van der Waals surface area (Å²) in [4.78, 5) is 32.1. The molecule has 40 heavy (non-hydrogen) atoms. The lowest BCUT2D eigenvalue weighted by Crippen LogP contribution is -2.47.